The zero-order valence-electron chi connectivity index (χ0n) is 11.4. The molecule has 2 amide bonds. The van der Waals surface area contributed by atoms with Crippen LogP contribution in [0.3, 0.4) is 0 Å². The van der Waals surface area contributed by atoms with E-state index in [0.29, 0.717) is 17.3 Å². The maximum Gasteiger partial charge on any atom is 0.227 e. The van der Waals surface area contributed by atoms with Gasteiger partial charge in [-0.2, -0.15) is 0 Å². The van der Waals surface area contributed by atoms with Crippen LogP contribution in [0.5, 0.6) is 0 Å². The molecular formula is C14H18ClN3O2. The molecule has 1 aromatic heterocycles. The number of likely N-dealkylation sites (tertiary alicyclic amines) is 1. The number of hydrogen-bond acceptors (Lipinski definition) is 3. The Morgan fingerprint density at radius 3 is 2.95 bits per heavy atom. The van der Waals surface area contributed by atoms with E-state index in [1.54, 1.807) is 17.0 Å². The molecular weight excluding hydrogens is 278 g/mol. The molecule has 1 saturated heterocycles. The highest BCUT2D eigenvalue weighted by Gasteiger charge is 2.24. The maximum absolute atomic E-state index is 11.9. The summed E-state index contributed by atoms with van der Waals surface area (Å²) in [6.07, 6.45) is 4.30. The van der Waals surface area contributed by atoms with Crippen molar-refractivity contribution in [3.8, 4) is 0 Å². The normalized spacial score (nSPS) is 16.9. The Kier molecular flexibility index (Phi) is 4.95. The van der Waals surface area contributed by atoms with Gasteiger partial charge in [0.1, 0.15) is 5.82 Å². The highest BCUT2D eigenvalue weighted by molar-refractivity contribution is 6.30. The predicted octanol–water partition coefficient (Wildman–Crippen LogP) is 2.46. The van der Waals surface area contributed by atoms with Gasteiger partial charge in [-0.05, 0) is 31.9 Å². The maximum atomic E-state index is 11.9. The molecule has 0 aliphatic carbocycles. The van der Waals surface area contributed by atoms with E-state index in [0.717, 1.165) is 19.4 Å². The van der Waals surface area contributed by atoms with Crippen molar-refractivity contribution in [3.05, 3.63) is 23.4 Å². The van der Waals surface area contributed by atoms with Gasteiger partial charge in [0.05, 0.1) is 5.02 Å². The number of hydrogen-bond donors (Lipinski definition) is 1. The summed E-state index contributed by atoms with van der Waals surface area (Å²) in [6, 6.07) is 3.23. The fourth-order valence-corrected chi connectivity index (χ4v) is 2.43. The third-order valence-electron chi connectivity index (χ3n) is 3.37. The first kappa shape index (κ1) is 14.8. The Labute approximate surface area is 123 Å². The molecule has 0 unspecified atom stereocenters. The SMILES string of the molecule is C[C@H](CC(=O)Nc1ccc(Cl)cn1)N1CCCCC1=O. The number of carbonyl (C=O) groups is 2. The smallest absolute Gasteiger partial charge is 0.227 e. The van der Waals surface area contributed by atoms with E-state index in [2.05, 4.69) is 10.3 Å². The zero-order chi connectivity index (χ0) is 14.5. The summed E-state index contributed by atoms with van der Waals surface area (Å²) in [7, 11) is 0. The molecule has 1 aliphatic heterocycles. The minimum atomic E-state index is -0.148. The lowest BCUT2D eigenvalue weighted by Crippen LogP contribution is -2.43. The number of piperidine rings is 1. The van der Waals surface area contributed by atoms with E-state index in [1.807, 2.05) is 6.92 Å². The summed E-state index contributed by atoms with van der Waals surface area (Å²) >= 11 is 5.73. The molecule has 1 atom stereocenters. The van der Waals surface area contributed by atoms with Crippen LogP contribution in [0.25, 0.3) is 0 Å². The molecule has 2 rings (SSSR count). The number of aromatic nitrogens is 1. The number of nitrogens with zero attached hydrogens (tertiary/aromatic N) is 2. The predicted molar refractivity (Wildman–Crippen MR) is 77.5 cm³/mol. The van der Waals surface area contributed by atoms with Crippen molar-refractivity contribution < 1.29 is 9.59 Å². The Morgan fingerprint density at radius 2 is 2.30 bits per heavy atom. The van der Waals surface area contributed by atoms with Crippen LogP contribution < -0.4 is 5.32 Å². The molecule has 0 spiro atoms. The summed E-state index contributed by atoms with van der Waals surface area (Å²) < 4.78 is 0. The molecule has 0 saturated carbocycles. The van der Waals surface area contributed by atoms with Crippen LogP contribution in [-0.2, 0) is 9.59 Å². The number of rotatable bonds is 4. The highest BCUT2D eigenvalue weighted by atomic mass is 35.5. The molecule has 1 aromatic rings. The van der Waals surface area contributed by atoms with E-state index in [-0.39, 0.29) is 24.3 Å². The molecule has 2 heterocycles. The van der Waals surface area contributed by atoms with Gasteiger partial charge < -0.3 is 10.2 Å². The van der Waals surface area contributed by atoms with Crippen molar-refractivity contribution in [2.45, 2.75) is 38.6 Å². The van der Waals surface area contributed by atoms with Gasteiger partial charge >= 0.3 is 0 Å². The Hall–Kier alpha value is -1.62. The van der Waals surface area contributed by atoms with Crippen molar-refractivity contribution in [1.82, 2.24) is 9.88 Å². The second-order valence-electron chi connectivity index (χ2n) is 5.01. The zero-order valence-corrected chi connectivity index (χ0v) is 12.2. The summed E-state index contributed by atoms with van der Waals surface area (Å²) in [5.74, 6) is 0.462. The molecule has 20 heavy (non-hydrogen) atoms. The Morgan fingerprint density at radius 1 is 1.50 bits per heavy atom. The van der Waals surface area contributed by atoms with Gasteiger partial charge in [0.25, 0.3) is 0 Å². The average molecular weight is 296 g/mol. The summed E-state index contributed by atoms with van der Waals surface area (Å²) in [6.45, 7) is 2.64. The molecule has 1 aliphatic rings. The first-order chi connectivity index (χ1) is 9.56. The van der Waals surface area contributed by atoms with Gasteiger partial charge in [0, 0.05) is 31.6 Å². The van der Waals surface area contributed by atoms with E-state index in [4.69, 9.17) is 11.6 Å². The molecule has 0 aromatic carbocycles. The van der Waals surface area contributed by atoms with E-state index < -0.39 is 0 Å². The topological polar surface area (TPSA) is 62.3 Å². The van der Waals surface area contributed by atoms with Gasteiger partial charge in [0.2, 0.25) is 11.8 Å². The summed E-state index contributed by atoms with van der Waals surface area (Å²) in [4.78, 5) is 29.5. The third kappa shape index (κ3) is 3.93. The first-order valence-electron chi connectivity index (χ1n) is 6.77. The van der Waals surface area contributed by atoms with Crippen molar-refractivity contribution >= 4 is 29.2 Å². The van der Waals surface area contributed by atoms with Gasteiger partial charge in [-0.3, -0.25) is 9.59 Å². The van der Waals surface area contributed by atoms with E-state index in [1.165, 1.54) is 6.20 Å². The number of halogens is 1. The van der Waals surface area contributed by atoms with Crippen molar-refractivity contribution in [2.24, 2.45) is 0 Å². The fraction of sp³-hybridized carbons (Fsp3) is 0.500. The van der Waals surface area contributed by atoms with Crippen LogP contribution >= 0.6 is 11.6 Å². The van der Waals surface area contributed by atoms with Crippen molar-refractivity contribution in [2.75, 3.05) is 11.9 Å². The van der Waals surface area contributed by atoms with Crippen LogP contribution in [-0.4, -0.2) is 34.3 Å². The van der Waals surface area contributed by atoms with Crippen LogP contribution in [0.1, 0.15) is 32.6 Å². The van der Waals surface area contributed by atoms with Gasteiger partial charge in [0.15, 0.2) is 0 Å². The van der Waals surface area contributed by atoms with Crippen molar-refractivity contribution in [3.63, 3.8) is 0 Å². The Bertz CT molecular complexity index is 490. The van der Waals surface area contributed by atoms with E-state index in [9.17, 15) is 9.59 Å². The van der Waals surface area contributed by atoms with Gasteiger partial charge in [-0.25, -0.2) is 4.98 Å². The van der Waals surface area contributed by atoms with E-state index >= 15 is 0 Å². The third-order valence-corrected chi connectivity index (χ3v) is 3.59. The first-order valence-corrected chi connectivity index (χ1v) is 7.15. The lowest BCUT2D eigenvalue weighted by atomic mass is 10.1. The minimum absolute atomic E-state index is 0.0879. The molecule has 108 valence electrons. The number of anilines is 1. The molecule has 0 bridgehead atoms. The lowest BCUT2D eigenvalue weighted by Gasteiger charge is -2.32. The standard InChI is InChI=1S/C14H18ClN3O2/c1-10(18-7-3-2-4-14(18)20)8-13(19)17-12-6-5-11(15)9-16-12/h5-6,9-10H,2-4,7-8H2,1H3,(H,16,17,19)/t10-/m1/s1. The number of pyridine rings is 1. The second-order valence-corrected chi connectivity index (χ2v) is 5.44. The van der Waals surface area contributed by atoms with Gasteiger partial charge in [-0.1, -0.05) is 11.6 Å². The van der Waals surface area contributed by atoms with Crippen LogP contribution in [0.2, 0.25) is 5.02 Å². The van der Waals surface area contributed by atoms with Crippen LogP contribution in [0.15, 0.2) is 18.3 Å². The largest absolute Gasteiger partial charge is 0.339 e. The summed E-state index contributed by atoms with van der Waals surface area (Å²) in [5.41, 5.74) is 0. The fourth-order valence-electron chi connectivity index (χ4n) is 2.32. The molecule has 1 N–H and O–H groups in total. The lowest BCUT2D eigenvalue weighted by molar-refractivity contribution is -0.136. The van der Waals surface area contributed by atoms with Crippen molar-refractivity contribution in [1.29, 1.82) is 0 Å². The minimum Gasteiger partial charge on any atom is -0.339 e. The summed E-state index contributed by atoms with van der Waals surface area (Å²) in [5, 5.41) is 3.23. The molecule has 5 nitrogen and oxygen atoms in total. The number of amides is 2. The number of carbonyl (C=O) groups excluding carboxylic acids is 2. The molecule has 0 radical (unpaired) electrons. The Balaban J connectivity index is 1.87. The van der Waals surface area contributed by atoms with Crippen LogP contribution in [0.4, 0.5) is 5.82 Å². The quantitative estimate of drug-likeness (QED) is 0.928. The average Bonchev–Trinajstić information content (AvgIpc) is 2.41. The van der Waals surface area contributed by atoms with Gasteiger partial charge in [-0.15, -0.1) is 0 Å². The number of nitrogens with one attached hydrogen (secondary N) is 1. The monoisotopic (exact) mass is 295 g/mol. The second kappa shape index (κ2) is 6.70. The highest BCUT2D eigenvalue weighted by Crippen LogP contribution is 2.16. The molecule has 1 fully saturated rings. The molecule has 6 heteroatoms. The van der Waals surface area contributed by atoms with Crippen LogP contribution in [0, 0.1) is 0 Å².